The van der Waals surface area contributed by atoms with Crippen LogP contribution < -0.4 is 0 Å². The average molecular weight is 326 g/mol. The molecule has 0 spiro atoms. The molecule has 0 unspecified atom stereocenters. The number of rotatable bonds is 1. The Labute approximate surface area is 124 Å². The van der Waals surface area contributed by atoms with Crippen LogP contribution >= 0.6 is 58.0 Å². The lowest BCUT2D eigenvalue weighted by Gasteiger charge is -2.00. The van der Waals surface area contributed by atoms with E-state index in [1.165, 1.54) is 0 Å². The molecule has 0 atom stereocenters. The Bertz CT molecular complexity index is 523. The van der Waals surface area contributed by atoms with Gasteiger partial charge in [-0.3, -0.25) is 0 Å². The van der Waals surface area contributed by atoms with Crippen molar-refractivity contribution in [3.63, 3.8) is 0 Å². The molecule has 0 nitrogen and oxygen atoms in total. The van der Waals surface area contributed by atoms with Gasteiger partial charge in [0.2, 0.25) is 0 Å². The lowest BCUT2D eigenvalue weighted by atomic mass is 10.1. The predicted molar refractivity (Wildman–Crippen MR) is 76.9 cm³/mol. The van der Waals surface area contributed by atoms with Crippen molar-refractivity contribution in [2.24, 2.45) is 0 Å². The highest BCUT2D eigenvalue weighted by atomic mass is 35.5. The summed E-state index contributed by atoms with van der Waals surface area (Å²) in [4.78, 5) is 0. The van der Waals surface area contributed by atoms with E-state index < -0.39 is 0 Å². The Hall–Kier alpha value is -0.110. The molecule has 1 aromatic rings. The zero-order valence-electron chi connectivity index (χ0n) is 8.28. The van der Waals surface area contributed by atoms with Crippen molar-refractivity contribution in [2.45, 2.75) is 0 Å². The van der Waals surface area contributed by atoms with Gasteiger partial charge in [-0.1, -0.05) is 70.1 Å². The van der Waals surface area contributed by atoms with E-state index in [0.717, 1.165) is 5.56 Å². The summed E-state index contributed by atoms with van der Waals surface area (Å²) < 4.78 is 0. The molecule has 0 radical (unpaired) electrons. The van der Waals surface area contributed by atoms with Crippen molar-refractivity contribution in [2.75, 3.05) is 0 Å². The van der Waals surface area contributed by atoms with Crippen LogP contribution in [0, 0.1) is 0 Å². The highest BCUT2D eigenvalue weighted by molar-refractivity contribution is 6.55. The first-order valence-electron chi connectivity index (χ1n) is 4.59. The monoisotopic (exact) mass is 324 g/mol. The molecule has 1 aliphatic rings. The summed E-state index contributed by atoms with van der Waals surface area (Å²) in [7, 11) is 0. The van der Waals surface area contributed by atoms with Gasteiger partial charge in [-0.25, -0.2) is 0 Å². The molecule has 0 aromatic heterocycles. The van der Waals surface area contributed by atoms with E-state index in [4.69, 9.17) is 58.0 Å². The molecular formula is C12H5Cl5. The molecule has 2 rings (SSSR count). The van der Waals surface area contributed by atoms with Crippen LogP contribution in [-0.2, 0) is 0 Å². The maximum Gasteiger partial charge on any atom is 0.0800 e. The van der Waals surface area contributed by atoms with Gasteiger partial charge in [0.05, 0.1) is 20.1 Å². The molecule has 0 saturated heterocycles. The first kappa shape index (κ1) is 13.3. The molecule has 0 N–H and O–H groups in total. The first-order chi connectivity index (χ1) is 8.00. The third kappa shape index (κ3) is 2.67. The van der Waals surface area contributed by atoms with Crippen LogP contribution in [-0.4, -0.2) is 0 Å². The van der Waals surface area contributed by atoms with Gasteiger partial charge in [-0.2, -0.15) is 0 Å². The number of hydrogen-bond donors (Lipinski definition) is 0. The topological polar surface area (TPSA) is 0 Å². The van der Waals surface area contributed by atoms with E-state index in [2.05, 4.69) is 0 Å². The van der Waals surface area contributed by atoms with Crippen LogP contribution in [0.15, 0.2) is 50.0 Å². The van der Waals surface area contributed by atoms with Gasteiger partial charge in [0, 0.05) is 10.6 Å². The minimum Gasteiger partial charge on any atom is -0.0843 e. The zero-order valence-corrected chi connectivity index (χ0v) is 12.1. The van der Waals surface area contributed by atoms with E-state index in [0.29, 0.717) is 20.7 Å². The van der Waals surface area contributed by atoms with Crippen molar-refractivity contribution in [3.8, 4) is 0 Å². The van der Waals surface area contributed by atoms with Gasteiger partial charge in [-0.15, -0.1) is 0 Å². The first-order valence-corrected chi connectivity index (χ1v) is 6.48. The van der Waals surface area contributed by atoms with Crippen LogP contribution in [0.4, 0.5) is 0 Å². The largest absolute Gasteiger partial charge is 0.0843 e. The minimum absolute atomic E-state index is 0.276. The van der Waals surface area contributed by atoms with E-state index in [-0.39, 0.29) is 10.1 Å². The Kier molecular flexibility index (Phi) is 4.12. The van der Waals surface area contributed by atoms with Gasteiger partial charge in [0.15, 0.2) is 0 Å². The summed E-state index contributed by atoms with van der Waals surface area (Å²) in [6.07, 6.45) is 1.80. The Morgan fingerprint density at radius 3 is 1.59 bits per heavy atom. The molecule has 0 aliphatic heterocycles. The van der Waals surface area contributed by atoms with Crippen molar-refractivity contribution in [1.82, 2.24) is 0 Å². The summed E-state index contributed by atoms with van der Waals surface area (Å²) in [6, 6.07) is 7.26. The fourth-order valence-electron chi connectivity index (χ4n) is 1.38. The Morgan fingerprint density at radius 1 is 0.647 bits per heavy atom. The molecule has 0 fully saturated rings. The van der Waals surface area contributed by atoms with E-state index in [1.807, 2.05) is 12.1 Å². The normalized spacial score (nSPS) is 15.9. The van der Waals surface area contributed by atoms with Crippen molar-refractivity contribution in [3.05, 3.63) is 60.6 Å². The zero-order chi connectivity index (χ0) is 12.6. The molecule has 0 saturated carbocycles. The van der Waals surface area contributed by atoms with Crippen LogP contribution in [0.3, 0.4) is 0 Å². The molecule has 17 heavy (non-hydrogen) atoms. The fraction of sp³-hybridized carbons (Fsp3) is 0. The average Bonchev–Trinajstić information content (AvgIpc) is 2.50. The van der Waals surface area contributed by atoms with Crippen molar-refractivity contribution >= 4 is 64.1 Å². The van der Waals surface area contributed by atoms with E-state index >= 15 is 0 Å². The van der Waals surface area contributed by atoms with Crippen LogP contribution in [0.1, 0.15) is 5.56 Å². The third-order valence-corrected chi connectivity index (χ3v) is 4.32. The van der Waals surface area contributed by atoms with E-state index in [1.54, 1.807) is 18.2 Å². The maximum absolute atomic E-state index is 6.04. The summed E-state index contributed by atoms with van der Waals surface area (Å²) in [5.41, 5.74) is 1.53. The third-order valence-electron chi connectivity index (χ3n) is 2.23. The predicted octanol–water partition coefficient (Wildman–Crippen LogP) is 6.12. The SMILES string of the molecule is ClC1=C(Cl)C(Cl)=C(Cl)C1=Cc1ccc(Cl)cc1. The molecular weight excluding hydrogens is 321 g/mol. The minimum atomic E-state index is 0.276. The fourth-order valence-corrected chi connectivity index (χ4v) is 2.53. The number of halogens is 5. The number of hydrogen-bond acceptors (Lipinski definition) is 0. The molecule has 0 bridgehead atoms. The van der Waals surface area contributed by atoms with Gasteiger partial charge < -0.3 is 0 Å². The summed E-state index contributed by atoms with van der Waals surface area (Å²) in [5, 5.41) is 1.93. The number of allylic oxidation sites excluding steroid dienone is 5. The highest BCUT2D eigenvalue weighted by Crippen LogP contribution is 2.45. The molecule has 0 heterocycles. The lowest BCUT2D eigenvalue weighted by molar-refractivity contribution is 1.62. The second kappa shape index (κ2) is 5.26. The summed E-state index contributed by atoms with van der Waals surface area (Å²) >= 11 is 29.7. The second-order valence-electron chi connectivity index (χ2n) is 3.37. The van der Waals surface area contributed by atoms with Crippen molar-refractivity contribution < 1.29 is 0 Å². The molecule has 1 aliphatic carbocycles. The van der Waals surface area contributed by atoms with Crippen molar-refractivity contribution in [1.29, 1.82) is 0 Å². The Morgan fingerprint density at radius 2 is 1.12 bits per heavy atom. The quantitative estimate of drug-likeness (QED) is 0.583. The van der Waals surface area contributed by atoms with Crippen LogP contribution in [0.25, 0.3) is 6.08 Å². The molecule has 1 aromatic carbocycles. The molecule has 0 amide bonds. The smallest absolute Gasteiger partial charge is 0.0800 e. The highest BCUT2D eigenvalue weighted by Gasteiger charge is 2.24. The maximum atomic E-state index is 6.04. The summed E-state index contributed by atoms with van der Waals surface area (Å²) in [6.45, 7) is 0. The van der Waals surface area contributed by atoms with E-state index in [9.17, 15) is 0 Å². The number of benzene rings is 1. The van der Waals surface area contributed by atoms with Gasteiger partial charge >= 0.3 is 0 Å². The molecule has 88 valence electrons. The van der Waals surface area contributed by atoms with Gasteiger partial charge in [-0.05, 0) is 23.8 Å². The van der Waals surface area contributed by atoms with Crippen LogP contribution in [0.5, 0.6) is 0 Å². The standard InChI is InChI=1S/C12H5Cl5/c13-7-3-1-6(2-4-7)5-8-9(14)11(16)12(17)10(8)15/h1-5H. The second-order valence-corrected chi connectivity index (χ2v) is 5.31. The van der Waals surface area contributed by atoms with Gasteiger partial charge in [0.25, 0.3) is 0 Å². The lowest BCUT2D eigenvalue weighted by Crippen LogP contribution is -1.80. The summed E-state index contributed by atoms with van der Waals surface area (Å²) in [5.74, 6) is 0. The van der Waals surface area contributed by atoms with Crippen LogP contribution in [0.2, 0.25) is 5.02 Å². The molecule has 5 heteroatoms. The van der Waals surface area contributed by atoms with Gasteiger partial charge in [0.1, 0.15) is 0 Å². The Balaban J connectivity index is 2.45.